The summed E-state index contributed by atoms with van der Waals surface area (Å²) in [5.74, 6) is 0. The smallest absolute Gasteiger partial charge is 0.287 e. The number of hydrogen-bond donors (Lipinski definition) is 1. The molecule has 0 bridgehead atoms. The van der Waals surface area contributed by atoms with Gasteiger partial charge in [0.25, 0.3) is 5.56 Å². The Morgan fingerprint density at radius 1 is 1.38 bits per heavy atom. The Bertz CT molecular complexity index is 665. The van der Waals surface area contributed by atoms with Crippen LogP contribution in [0.3, 0.4) is 0 Å². The first-order chi connectivity index (χ1) is 10.0. The van der Waals surface area contributed by atoms with Crippen molar-refractivity contribution in [3.63, 3.8) is 0 Å². The summed E-state index contributed by atoms with van der Waals surface area (Å²) in [6.07, 6.45) is 5.00. The molecule has 0 aliphatic carbocycles. The third-order valence-electron chi connectivity index (χ3n) is 2.87. The summed E-state index contributed by atoms with van der Waals surface area (Å²) < 4.78 is 8.07. The van der Waals surface area contributed by atoms with E-state index in [1.165, 1.54) is 10.9 Å². The number of nitrogens with zero attached hydrogens (tertiary/aromatic N) is 4. The third kappa shape index (κ3) is 3.62. The lowest BCUT2D eigenvalue weighted by molar-refractivity contribution is 0.183. The highest BCUT2D eigenvalue weighted by molar-refractivity contribution is 6.33. The second-order valence-corrected chi connectivity index (χ2v) is 5.20. The molecular formula is C13H18ClN5O2. The first-order valence-corrected chi connectivity index (χ1v) is 6.96. The average Bonchev–Trinajstić information content (AvgIpc) is 2.89. The fraction of sp³-hybridized carbons (Fsp3) is 0.462. The zero-order valence-electron chi connectivity index (χ0n) is 12.2. The van der Waals surface area contributed by atoms with E-state index < -0.39 is 0 Å². The van der Waals surface area contributed by atoms with E-state index >= 15 is 0 Å². The van der Waals surface area contributed by atoms with Gasteiger partial charge in [-0.25, -0.2) is 4.68 Å². The topological polar surface area (TPSA) is 74.0 Å². The average molecular weight is 312 g/mol. The van der Waals surface area contributed by atoms with Crippen LogP contribution in [-0.4, -0.2) is 33.3 Å². The van der Waals surface area contributed by atoms with Crippen molar-refractivity contribution >= 4 is 23.0 Å². The number of methoxy groups -OCH3 is 1. The zero-order valence-corrected chi connectivity index (χ0v) is 13.0. The maximum atomic E-state index is 12.1. The van der Waals surface area contributed by atoms with Crippen molar-refractivity contribution in [3.05, 3.63) is 34.0 Å². The van der Waals surface area contributed by atoms with Gasteiger partial charge in [-0.05, 0) is 13.8 Å². The molecule has 0 aliphatic rings. The highest BCUT2D eigenvalue weighted by Crippen LogP contribution is 2.21. The molecule has 0 spiro atoms. The minimum absolute atomic E-state index is 0.0409. The molecule has 0 radical (unpaired) electrons. The van der Waals surface area contributed by atoms with Crippen LogP contribution in [0.25, 0.3) is 0 Å². The quantitative estimate of drug-likeness (QED) is 0.884. The Kier molecular flexibility index (Phi) is 4.98. The molecule has 2 aromatic rings. The largest absolute Gasteiger partial charge is 0.383 e. The van der Waals surface area contributed by atoms with E-state index in [9.17, 15) is 4.79 Å². The maximum Gasteiger partial charge on any atom is 0.287 e. The molecule has 0 amide bonds. The normalized spacial score (nSPS) is 11.1. The lowest BCUT2D eigenvalue weighted by Gasteiger charge is -2.11. The monoisotopic (exact) mass is 311 g/mol. The molecule has 2 rings (SSSR count). The van der Waals surface area contributed by atoms with Crippen LogP contribution in [0.1, 0.15) is 19.9 Å². The molecular weight excluding hydrogens is 294 g/mol. The SMILES string of the molecule is COCCn1cc(Nc2cnn(C(C)C)c(=O)c2Cl)cn1. The van der Waals surface area contributed by atoms with Crippen molar-refractivity contribution < 1.29 is 4.74 Å². The van der Waals surface area contributed by atoms with Gasteiger partial charge in [0.15, 0.2) is 0 Å². The second-order valence-electron chi connectivity index (χ2n) is 4.83. The van der Waals surface area contributed by atoms with Gasteiger partial charge in [0.2, 0.25) is 0 Å². The van der Waals surface area contributed by atoms with Gasteiger partial charge in [0, 0.05) is 13.3 Å². The molecule has 0 aliphatic heterocycles. The van der Waals surface area contributed by atoms with Crippen molar-refractivity contribution in [2.75, 3.05) is 19.0 Å². The zero-order chi connectivity index (χ0) is 15.4. The summed E-state index contributed by atoms with van der Waals surface area (Å²) in [4.78, 5) is 12.1. The standard InChI is InChI=1S/C13H18ClN5O2/c1-9(2)19-13(20)12(14)11(7-16-19)17-10-6-15-18(8-10)4-5-21-3/h6-9,17H,4-5H2,1-3H3. The summed E-state index contributed by atoms with van der Waals surface area (Å²) in [7, 11) is 1.64. The first-order valence-electron chi connectivity index (χ1n) is 6.58. The summed E-state index contributed by atoms with van der Waals surface area (Å²) in [5, 5.41) is 11.4. The van der Waals surface area contributed by atoms with Crippen LogP contribution >= 0.6 is 11.6 Å². The molecule has 7 nitrogen and oxygen atoms in total. The van der Waals surface area contributed by atoms with Crippen LogP contribution in [0.15, 0.2) is 23.4 Å². The molecule has 2 heterocycles. The van der Waals surface area contributed by atoms with E-state index in [0.717, 1.165) is 5.69 Å². The van der Waals surface area contributed by atoms with E-state index in [0.29, 0.717) is 18.8 Å². The lowest BCUT2D eigenvalue weighted by atomic mass is 10.4. The molecule has 0 saturated heterocycles. The van der Waals surface area contributed by atoms with Crippen LogP contribution in [0.5, 0.6) is 0 Å². The van der Waals surface area contributed by atoms with Crippen molar-refractivity contribution in [2.24, 2.45) is 0 Å². The number of aromatic nitrogens is 4. The molecule has 0 saturated carbocycles. The predicted octanol–water partition coefficient (Wildman–Crippen LogP) is 2.06. The van der Waals surface area contributed by atoms with Crippen LogP contribution in [0.2, 0.25) is 5.02 Å². The van der Waals surface area contributed by atoms with Gasteiger partial charge < -0.3 is 10.1 Å². The van der Waals surface area contributed by atoms with Crippen molar-refractivity contribution in [2.45, 2.75) is 26.4 Å². The van der Waals surface area contributed by atoms with Gasteiger partial charge >= 0.3 is 0 Å². The number of nitrogens with one attached hydrogen (secondary N) is 1. The lowest BCUT2D eigenvalue weighted by Crippen LogP contribution is -2.25. The van der Waals surface area contributed by atoms with Gasteiger partial charge in [0.05, 0.1) is 43.0 Å². The maximum absolute atomic E-state index is 12.1. The number of hydrogen-bond acceptors (Lipinski definition) is 5. The van der Waals surface area contributed by atoms with Gasteiger partial charge in [-0.2, -0.15) is 10.2 Å². The highest BCUT2D eigenvalue weighted by atomic mass is 35.5. The van der Waals surface area contributed by atoms with Crippen LogP contribution in [0, 0.1) is 0 Å². The van der Waals surface area contributed by atoms with E-state index in [2.05, 4.69) is 15.5 Å². The van der Waals surface area contributed by atoms with Gasteiger partial charge in [-0.1, -0.05) is 11.6 Å². The molecule has 114 valence electrons. The van der Waals surface area contributed by atoms with Crippen molar-refractivity contribution in [1.82, 2.24) is 19.6 Å². The molecule has 8 heteroatoms. The second kappa shape index (κ2) is 6.73. The Morgan fingerprint density at radius 2 is 2.14 bits per heavy atom. The van der Waals surface area contributed by atoms with E-state index in [1.54, 1.807) is 18.0 Å². The highest BCUT2D eigenvalue weighted by Gasteiger charge is 2.12. The van der Waals surface area contributed by atoms with Crippen LogP contribution < -0.4 is 10.9 Å². The summed E-state index contributed by atoms with van der Waals surface area (Å²) >= 11 is 6.10. The van der Waals surface area contributed by atoms with Crippen molar-refractivity contribution in [3.8, 4) is 0 Å². The Hall–Kier alpha value is -1.86. The number of rotatable bonds is 6. The molecule has 1 N–H and O–H groups in total. The molecule has 21 heavy (non-hydrogen) atoms. The summed E-state index contributed by atoms with van der Waals surface area (Å²) in [5.41, 5.74) is 0.879. The van der Waals surface area contributed by atoms with Crippen LogP contribution in [-0.2, 0) is 11.3 Å². The number of ether oxygens (including phenoxy) is 1. The molecule has 0 unspecified atom stereocenters. The Morgan fingerprint density at radius 3 is 2.81 bits per heavy atom. The number of anilines is 2. The van der Waals surface area contributed by atoms with E-state index in [1.807, 2.05) is 20.0 Å². The molecule has 0 aromatic carbocycles. The van der Waals surface area contributed by atoms with Crippen molar-refractivity contribution in [1.29, 1.82) is 0 Å². The number of halogens is 1. The molecule has 2 aromatic heterocycles. The fourth-order valence-corrected chi connectivity index (χ4v) is 1.97. The predicted molar refractivity (Wildman–Crippen MR) is 81.3 cm³/mol. The minimum atomic E-state index is -0.316. The van der Waals surface area contributed by atoms with E-state index in [4.69, 9.17) is 16.3 Å². The molecule has 0 fully saturated rings. The first kappa shape index (κ1) is 15.5. The van der Waals surface area contributed by atoms with Gasteiger partial charge in [0.1, 0.15) is 5.02 Å². The Labute approximate surface area is 127 Å². The Balaban J connectivity index is 2.18. The van der Waals surface area contributed by atoms with E-state index in [-0.39, 0.29) is 16.6 Å². The summed E-state index contributed by atoms with van der Waals surface area (Å²) in [6.45, 7) is 4.97. The fourth-order valence-electron chi connectivity index (χ4n) is 1.79. The minimum Gasteiger partial charge on any atom is -0.383 e. The third-order valence-corrected chi connectivity index (χ3v) is 3.23. The van der Waals surface area contributed by atoms with Gasteiger partial charge in [-0.15, -0.1) is 0 Å². The molecule has 0 atom stereocenters. The van der Waals surface area contributed by atoms with Gasteiger partial charge in [-0.3, -0.25) is 9.48 Å². The van der Waals surface area contributed by atoms with Crippen LogP contribution in [0.4, 0.5) is 11.4 Å². The summed E-state index contributed by atoms with van der Waals surface area (Å²) in [6, 6.07) is -0.0409.